The molecular weight excluding hydrogens is 327 g/mol. The highest BCUT2D eigenvalue weighted by atomic mass is 32.1. The highest BCUT2D eigenvalue weighted by molar-refractivity contribution is 7.09. The molecule has 4 nitrogen and oxygen atoms in total. The van der Waals surface area contributed by atoms with Crippen LogP contribution in [0.3, 0.4) is 0 Å². The summed E-state index contributed by atoms with van der Waals surface area (Å²) in [5.41, 5.74) is 2.93. The van der Waals surface area contributed by atoms with Crippen LogP contribution in [0.15, 0.2) is 46.0 Å². The van der Waals surface area contributed by atoms with Gasteiger partial charge in [0, 0.05) is 23.9 Å². The lowest BCUT2D eigenvalue weighted by Crippen LogP contribution is -2.15. The van der Waals surface area contributed by atoms with Crippen LogP contribution in [-0.2, 0) is 31.1 Å². The monoisotopic (exact) mass is 342 g/mol. The Hall–Kier alpha value is -2.47. The summed E-state index contributed by atoms with van der Waals surface area (Å²) in [5.74, 6) is 0.444. The average molecular weight is 342 g/mol. The van der Waals surface area contributed by atoms with Gasteiger partial charge in [-0.15, -0.1) is 11.3 Å². The van der Waals surface area contributed by atoms with E-state index in [9.17, 15) is 9.18 Å². The van der Waals surface area contributed by atoms with Gasteiger partial charge in [0.2, 0.25) is 0 Å². The smallest absolute Gasteiger partial charge is 0.252 e. The van der Waals surface area contributed by atoms with Crippen LogP contribution in [-0.4, -0.2) is 10.5 Å². The van der Waals surface area contributed by atoms with E-state index in [0.717, 1.165) is 35.4 Å². The third-order valence-corrected chi connectivity index (χ3v) is 5.36. The van der Waals surface area contributed by atoms with Gasteiger partial charge in [-0.2, -0.15) is 4.99 Å². The second-order valence-electron chi connectivity index (χ2n) is 5.78. The third-order valence-electron chi connectivity index (χ3n) is 4.17. The number of fused-ring (bicyclic) bond motifs is 3. The molecule has 1 aliphatic rings. The number of aromatic nitrogens is 1. The standard InChI is InChI=1S/C18H15FN2O2S/c1-21-17-13-8-9-23-14(13)6-7-15(17)24-18(21)20-16(22)10-11-2-4-12(19)5-3-11/h2-5,8-9H,6-7,10H2,1H3. The van der Waals surface area contributed by atoms with Crippen molar-refractivity contribution >= 4 is 17.2 Å². The number of furan rings is 1. The van der Waals surface area contributed by atoms with Crippen LogP contribution >= 0.6 is 11.3 Å². The van der Waals surface area contributed by atoms with Gasteiger partial charge in [-0.1, -0.05) is 12.1 Å². The highest BCUT2D eigenvalue weighted by Crippen LogP contribution is 2.35. The van der Waals surface area contributed by atoms with Crippen molar-refractivity contribution in [2.75, 3.05) is 0 Å². The van der Waals surface area contributed by atoms with Crippen LogP contribution in [0.4, 0.5) is 4.39 Å². The summed E-state index contributed by atoms with van der Waals surface area (Å²) in [4.78, 5) is 18.4. The zero-order chi connectivity index (χ0) is 16.7. The lowest BCUT2D eigenvalue weighted by molar-refractivity contribution is -0.117. The Morgan fingerprint density at radius 3 is 2.88 bits per heavy atom. The van der Waals surface area contributed by atoms with Gasteiger partial charge in [-0.05, 0) is 30.2 Å². The van der Waals surface area contributed by atoms with E-state index in [1.54, 1.807) is 29.7 Å². The maximum Gasteiger partial charge on any atom is 0.252 e. The molecule has 1 aromatic carbocycles. The number of hydrogen-bond donors (Lipinski definition) is 0. The predicted molar refractivity (Wildman–Crippen MR) is 89.1 cm³/mol. The number of carbonyl (C=O) groups is 1. The SMILES string of the molecule is Cn1c2c(sc1=NC(=O)Cc1ccc(F)cc1)CCc1occc1-2. The molecule has 2 aromatic heterocycles. The Balaban J connectivity index is 1.67. The van der Waals surface area contributed by atoms with Gasteiger partial charge in [0.1, 0.15) is 11.6 Å². The quantitative estimate of drug-likeness (QED) is 0.718. The lowest BCUT2D eigenvalue weighted by Gasteiger charge is -2.11. The molecule has 1 aliphatic carbocycles. The number of nitrogens with zero attached hydrogens (tertiary/aromatic N) is 2. The first-order chi connectivity index (χ1) is 11.6. The average Bonchev–Trinajstić information content (AvgIpc) is 3.14. The van der Waals surface area contributed by atoms with Gasteiger partial charge >= 0.3 is 0 Å². The molecule has 2 heterocycles. The maximum atomic E-state index is 12.9. The molecule has 0 saturated carbocycles. The zero-order valence-electron chi connectivity index (χ0n) is 13.1. The van der Waals surface area contributed by atoms with Gasteiger partial charge in [0.25, 0.3) is 5.91 Å². The molecule has 0 atom stereocenters. The molecule has 0 unspecified atom stereocenters. The second-order valence-corrected chi connectivity index (χ2v) is 6.84. The van der Waals surface area contributed by atoms with Crippen LogP contribution in [0.25, 0.3) is 11.3 Å². The number of amides is 1. The van der Waals surface area contributed by atoms with E-state index in [1.165, 1.54) is 17.0 Å². The van der Waals surface area contributed by atoms with E-state index < -0.39 is 0 Å². The predicted octanol–water partition coefficient (Wildman–Crippen LogP) is 3.25. The van der Waals surface area contributed by atoms with Gasteiger partial charge in [0.05, 0.1) is 18.4 Å². The number of aryl methyl sites for hydroxylation is 2. The molecule has 122 valence electrons. The van der Waals surface area contributed by atoms with Crippen LogP contribution in [0.2, 0.25) is 0 Å². The summed E-state index contributed by atoms with van der Waals surface area (Å²) in [6.07, 6.45) is 3.64. The lowest BCUT2D eigenvalue weighted by atomic mass is 10.0. The van der Waals surface area contributed by atoms with Crippen molar-refractivity contribution in [1.29, 1.82) is 0 Å². The number of thiazole rings is 1. The van der Waals surface area contributed by atoms with Crippen LogP contribution in [0.5, 0.6) is 0 Å². The summed E-state index contributed by atoms with van der Waals surface area (Å²) >= 11 is 1.54. The van der Waals surface area contributed by atoms with Crippen LogP contribution < -0.4 is 4.80 Å². The summed E-state index contributed by atoms with van der Waals surface area (Å²) in [6.45, 7) is 0. The largest absolute Gasteiger partial charge is 0.469 e. The van der Waals surface area contributed by atoms with Crippen molar-refractivity contribution in [3.63, 3.8) is 0 Å². The van der Waals surface area contributed by atoms with Crippen LogP contribution in [0, 0.1) is 5.82 Å². The minimum absolute atomic E-state index is 0.166. The molecule has 3 aromatic rings. The molecule has 0 N–H and O–H groups in total. The molecule has 0 saturated heterocycles. The van der Waals surface area contributed by atoms with E-state index in [-0.39, 0.29) is 18.1 Å². The summed E-state index contributed by atoms with van der Waals surface area (Å²) in [7, 11) is 1.92. The Bertz CT molecular complexity index is 979. The molecule has 0 fully saturated rings. The van der Waals surface area contributed by atoms with E-state index in [4.69, 9.17) is 4.42 Å². The van der Waals surface area contributed by atoms with Gasteiger partial charge in [-0.25, -0.2) is 4.39 Å². The number of hydrogen-bond acceptors (Lipinski definition) is 3. The van der Waals surface area contributed by atoms with Crippen molar-refractivity contribution in [1.82, 2.24) is 4.57 Å². The van der Waals surface area contributed by atoms with E-state index >= 15 is 0 Å². The van der Waals surface area contributed by atoms with Crippen molar-refractivity contribution in [3.8, 4) is 11.3 Å². The second kappa shape index (κ2) is 5.87. The Morgan fingerprint density at radius 2 is 2.08 bits per heavy atom. The fraction of sp³-hybridized carbons (Fsp3) is 0.222. The first kappa shape index (κ1) is 15.1. The topological polar surface area (TPSA) is 47.5 Å². The third kappa shape index (κ3) is 2.63. The maximum absolute atomic E-state index is 12.9. The van der Waals surface area contributed by atoms with Gasteiger partial charge < -0.3 is 8.98 Å². The van der Waals surface area contributed by atoms with E-state index in [0.29, 0.717) is 4.80 Å². The zero-order valence-corrected chi connectivity index (χ0v) is 13.9. The summed E-state index contributed by atoms with van der Waals surface area (Å²) < 4.78 is 20.4. The van der Waals surface area contributed by atoms with Crippen molar-refractivity contribution < 1.29 is 13.6 Å². The first-order valence-corrected chi connectivity index (χ1v) is 8.51. The Kier molecular flexibility index (Phi) is 3.69. The molecular formula is C18H15FN2O2S. The molecule has 0 bridgehead atoms. The highest BCUT2D eigenvalue weighted by Gasteiger charge is 2.23. The first-order valence-electron chi connectivity index (χ1n) is 7.69. The number of carbonyl (C=O) groups excluding carboxylic acids is 1. The molecule has 1 amide bonds. The number of halogens is 1. The molecule has 0 aliphatic heterocycles. The normalized spacial score (nSPS) is 13.7. The molecule has 4 rings (SSSR count). The number of benzene rings is 1. The molecule has 6 heteroatoms. The van der Waals surface area contributed by atoms with E-state index in [1.807, 2.05) is 17.7 Å². The fourth-order valence-corrected chi connectivity index (χ4v) is 4.15. The van der Waals surface area contributed by atoms with Crippen molar-refractivity contribution in [3.05, 3.63) is 63.4 Å². The Morgan fingerprint density at radius 1 is 1.29 bits per heavy atom. The minimum atomic E-state index is -0.309. The molecule has 0 spiro atoms. The van der Waals surface area contributed by atoms with Gasteiger partial charge in [-0.3, -0.25) is 4.79 Å². The molecule has 0 radical (unpaired) electrons. The number of rotatable bonds is 2. The minimum Gasteiger partial charge on any atom is -0.469 e. The molecule has 24 heavy (non-hydrogen) atoms. The van der Waals surface area contributed by atoms with E-state index in [2.05, 4.69) is 4.99 Å². The van der Waals surface area contributed by atoms with Crippen LogP contribution in [0.1, 0.15) is 16.2 Å². The Labute approximate surface area is 141 Å². The van der Waals surface area contributed by atoms with Gasteiger partial charge in [0.15, 0.2) is 4.80 Å². The fourth-order valence-electron chi connectivity index (χ4n) is 3.00. The van der Waals surface area contributed by atoms with Crippen molar-refractivity contribution in [2.45, 2.75) is 19.3 Å². The van der Waals surface area contributed by atoms with Crippen molar-refractivity contribution in [2.24, 2.45) is 12.0 Å². The summed E-state index contributed by atoms with van der Waals surface area (Å²) in [5, 5.41) is 0. The summed E-state index contributed by atoms with van der Waals surface area (Å²) in [6, 6.07) is 7.89.